The number of aromatic nitrogens is 2. The Balaban J connectivity index is 2.31. The summed E-state index contributed by atoms with van der Waals surface area (Å²) in [7, 11) is 0. The van der Waals surface area contributed by atoms with Gasteiger partial charge >= 0.3 is 0 Å². The van der Waals surface area contributed by atoms with Crippen molar-refractivity contribution in [3.8, 4) is 0 Å². The lowest BCUT2D eigenvalue weighted by atomic mass is 10.0. The molecular weight excluding hydrogens is 240 g/mol. The number of hydrogen-bond acceptors (Lipinski definition) is 3. The van der Waals surface area contributed by atoms with Crippen molar-refractivity contribution in [2.24, 2.45) is 0 Å². The monoisotopic (exact) mass is 254 g/mol. The molecule has 1 aromatic heterocycles. The van der Waals surface area contributed by atoms with E-state index in [9.17, 15) is 0 Å². The van der Waals surface area contributed by atoms with Gasteiger partial charge < -0.3 is 0 Å². The molecule has 0 fully saturated rings. The summed E-state index contributed by atoms with van der Waals surface area (Å²) in [5, 5.41) is 0. The zero-order chi connectivity index (χ0) is 12.7. The number of rotatable bonds is 1. The minimum Gasteiger partial charge on any atom is -0.244 e. The largest absolute Gasteiger partial charge is 0.244 e. The molecule has 3 rings (SSSR count). The van der Waals surface area contributed by atoms with E-state index >= 15 is 0 Å². The molecule has 90 valence electrons. The van der Waals surface area contributed by atoms with Crippen LogP contribution in [0.4, 0.5) is 0 Å². The van der Waals surface area contributed by atoms with E-state index in [0.29, 0.717) is 5.92 Å². The number of thiol groups is 1. The van der Waals surface area contributed by atoms with Gasteiger partial charge in [0.05, 0.1) is 22.1 Å². The van der Waals surface area contributed by atoms with Crippen molar-refractivity contribution in [3.05, 3.63) is 42.0 Å². The first-order valence-corrected chi connectivity index (χ1v) is 6.48. The van der Waals surface area contributed by atoms with E-state index in [-0.39, 0.29) is 0 Å². The molecule has 3 heteroatoms. The van der Waals surface area contributed by atoms with E-state index < -0.39 is 0 Å². The molecule has 1 heterocycles. The van der Waals surface area contributed by atoms with Crippen molar-refractivity contribution in [1.29, 1.82) is 0 Å². The summed E-state index contributed by atoms with van der Waals surface area (Å²) in [5.41, 5.74) is 5.00. The number of fused-ring (bicyclic) bond motifs is 2. The highest BCUT2D eigenvalue weighted by Gasteiger charge is 2.05. The minimum absolute atomic E-state index is 0.506. The first kappa shape index (κ1) is 11.5. The Morgan fingerprint density at radius 3 is 2.11 bits per heavy atom. The second-order valence-electron chi connectivity index (χ2n) is 4.80. The predicted molar refractivity (Wildman–Crippen MR) is 78.4 cm³/mol. The summed E-state index contributed by atoms with van der Waals surface area (Å²) in [6, 6.07) is 12.1. The van der Waals surface area contributed by atoms with Crippen LogP contribution < -0.4 is 0 Å². The summed E-state index contributed by atoms with van der Waals surface area (Å²) in [6.07, 6.45) is 0. The average Bonchev–Trinajstić information content (AvgIpc) is 2.35. The van der Waals surface area contributed by atoms with Crippen LogP contribution >= 0.6 is 12.6 Å². The fourth-order valence-electron chi connectivity index (χ4n) is 2.04. The van der Waals surface area contributed by atoms with Gasteiger partial charge in [0, 0.05) is 4.90 Å². The van der Waals surface area contributed by atoms with Crippen molar-refractivity contribution in [2.45, 2.75) is 24.7 Å². The Kier molecular flexibility index (Phi) is 2.71. The second kappa shape index (κ2) is 4.25. The summed E-state index contributed by atoms with van der Waals surface area (Å²) >= 11 is 4.33. The van der Waals surface area contributed by atoms with Gasteiger partial charge in [0.1, 0.15) is 0 Å². The molecule has 3 aromatic rings. The predicted octanol–water partition coefficient (Wildman–Crippen LogP) is 4.20. The summed E-state index contributed by atoms with van der Waals surface area (Å²) in [5.74, 6) is 0.506. The van der Waals surface area contributed by atoms with Crippen molar-refractivity contribution < 1.29 is 0 Å². The molecule has 18 heavy (non-hydrogen) atoms. The molecule has 0 spiro atoms. The normalized spacial score (nSPS) is 11.6. The Hall–Kier alpha value is -1.61. The zero-order valence-electron chi connectivity index (χ0n) is 10.4. The van der Waals surface area contributed by atoms with Crippen molar-refractivity contribution in [3.63, 3.8) is 0 Å². The van der Waals surface area contributed by atoms with Gasteiger partial charge in [-0.05, 0) is 41.8 Å². The Morgan fingerprint density at radius 1 is 0.833 bits per heavy atom. The molecule has 0 atom stereocenters. The van der Waals surface area contributed by atoms with Gasteiger partial charge in [0.2, 0.25) is 0 Å². The smallest absolute Gasteiger partial charge is 0.0905 e. The average molecular weight is 254 g/mol. The van der Waals surface area contributed by atoms with Crippen LogP contribution in [0.5, 0.6) is 0 Å². The number of benzene rings is 2. The molecule has 0 aliphatic heterocycles. The fraction of sp³-hybridized carbons (Fsp3) is 0.200. The second-order valence-corrected chi connectivity index (χ2v) is 5.32. The van der Waals surface area contributed by atoms with Crippen LogP contribution in [-0.2, 0) is 0 Å². The highest BCUT2D eigenvalue weighted by atomic mass is 32.1. The Bertz CT molecular complexity index is 735. The standard InChI is InChI=1S/C15H14N2S/c1-9(2)10-3-5-12-14(7-10)16-13-6-4-11(18)8-15(13)17-12/h3-9,18H,1-2H3. The van der Waals surface area contributed by atoms with Crippen LogP contribution in [0.15, 0.2) is 41.3 Å². The molecule has 0 bridgehead atoms. The maximum absolute atomic E-state index is 4.67. The van der Waals surface area contributed by atoms with Gasteiger partial charge in [0.15, 0.2) is 0 Å². The van der Waals surface area contributed by atoms with E-state index in [0.717, 1.165) is 27.0 Å². The van der Waals surface area contributed by atoms with Gasteiger partial charge in [-0.1, -0.05) is 19.9 Å². The van der Waals surface area contributed by atoms with Crippen LogP contribution in [0.25, 0.3) is 22.1 Å². The van der Waals surface area contributed by atoms with Gasteiger partial charge in [0.25, 0.3) is 0 Å². The van der Waals surface area contributed by atoms with Crippen LogP contribution in [0.2, 0.25) is 0 Å². The molecule has 2 aromatic carbocycles. The quantitative estimate of drug-likeness (QED) is 0.520. The summed E-state index contributed by atoms with van der Waals surface area (Å²) < 4.78 is 0. The molecule has 0 amide bonds. The first-order valence-electron chi connectivity index (χ1n) is 6.04. The molecule has 0 saturated carbocycles. The van der Waals surface area contributed by atoms with Gasteiger partial charge in [-0.15, -0.1) is 12.6 Å². The Morgan fingerprint density at radius 2 is 1.44 bits per heavy atom. The van der Waals surface area contributed by atoms with Crippen LogP contribution in [0, 0.1) is 0 Å². The van der Waals surface area contributed by atoms with Crippen LogP contribution in [0.1, 0.15) is 25.3 Å². The maximum Gasteiger partial charge on any atom is 0.0905 e. The lowest BCUT2D eigenvalue weighted by molar-refractivity contribution is 0.868. The van der Waals surface area contributed by atoms with Crippen LogP contribution in [-0.4, -0.2) is 9.97 Å². The molecule has 0 aliphatic carbocycles. The van der Waals surface area contributed by atoms with Gasteiger partial charge in [-0.25, -0.2) is 9.97 Å². The molecule has 0 saturated heterocycles. The van der Waals surface area contributed by atoms with E-state index in [2.05, 4.69) is 48.6 Å². The van der Waals surface area contributed by atoms with Crippen LogP contribution in [0.3, 0.4) is 0 Å². The number of hydrogen-bond donors (Lipinski definition) is 1. The van der Waals surface area contributed by atoms with Crippen molar-refractivity contribution in [2.75, 3.05) is 0 Å². The minimum atomic E-state index is 0.506. The van der Waals surface area contributed by atoms with Gasteiger partial charge in [-0.3, -0.25) is 0 Å². The third kappa shape index (κ3) is 1.95. The fourth-order valence-corrected chi connectivity index (χ4v) is 2.24. The molecule has 0 unspecified atom stereocenters. The topological polar surface area (TPSA) is 25.8 Å². The highest BCUT2D eigenvalue weighted by molar-refractivity contribution is 7.80. The molecular formula is C15H14N2S. The van der Waals surface area contributed by atoms with Crippen molar-refractivity contribution in [1.82, 2.24) is 9.97 Å². The van der Waals surface area contributed by atoms with E-state index in [1.54, 1.807) is 0 Å². The third-order valence-corrected chi connectivity index (χ3v) is 3.39. The number of nitrogens with zero attached hydrogens (tertiary/aromatic N) is 2. The van der Waals surface area contributed by atoms with E-state index in [4.69, 9.17) is 0 Å². The Labute approximate surface area is 111 Å². The maximum atomic E-state index is 4.67. The third-order valence-electron chi connectivity index (χ3n) is 3.11. The lowest BCUT2D eigenvalue weighted by Gasteiger charge is -2.07. The zero-order valence-corrected chi connectivity index (χ0v) is 11.3. The summed E-state index contributed by atoms with van der Waals surface area (Å²) in [6.45, 7) is 4.37. The van der Waals surface area contributed by atoms with Crippen molar-refractivity contribution >= 4 is 34.7 Å². The molecule has 0 N–H and O–H groups in total. The van der Waals surface area contributed by atoms with E-state index in [1.807, 2.05) is 24.3 Å². The molecule has 0 radical (unpaired) electrons. The summed E-state index contributed by atoms with van der Waals surface area (Å²) in [4.78, 5) is 10.2. The first-order chi connectivity index (χ1) is 8.63. The lowest BCUT2D eigenvalue weighted by Crippen LogP contribution is -1.91. The van der Waals surface area contributed by atoms with Gasteiger partial charge in [-0.2, -0.15) is 0 Å². The highest BCUT2D eigenvalue weighted by Crippen LogP contribution is 2.22. The molecule has 0 aliphatic rings. The SMILES string of the molecule is CC(C)c1ccc2nc3cc(S)ccc3nc2c1. The van der Waals surface area contributed by atoms with E-state index in [1.165, 1.54) is 5.56 Å². The molecule has 2 nitrogen and oxygen atoms in total.